The molecule has 1 aliphatic carbocycles. The predicted octanol–water partition coefficient (Wildman–Crippen LogP) is 18.7. The van der Waals surface area contributed by atoms with Crippen LogP contribution in [0.1, 0.15) is 36.1 Å². The van der Waals surface area contributed by atoms with Crippen molar-refractivity contribution in [2.24, 2.45) is 0 Å². The van der Waals surface area contributed by atoms with Gasteiger partial charge in [-0.05, 0) is 139 Å². The minimum absolute atomic E-state index is 0.145. The fourth-order valence-electron chi connectivity index (χ4n) is 12.0. The first-order valence-corrected chi connectivity index (χ1v) is 23.8. The topological polar surface area (TPSA) is 19.6 Å². The highest BCUT2D eigenvalue weighted by Gasteiger charge is 2.35. The number of hydrogen-bond donors (Lipinski definition) is 0. The van der Waals surface area contributed by atoms with E-state index in [-0.39, 0.29) is 5.41 Å². The molecule has 1 aliphatic rings. The lowest BCUT2D eigenvalue weighted by Gasteiger charge is -2.31. The van der Waals surface area contributed by atoms with Gasteiger partial charge in [-0.2, -0.15) is 0 Å². The lowest BCUT2D eigenvalue weighted by Crippen LogP contribution is -2.17. The molecule has 68 heavy (non-hydrogen) atoms. The molecule has 0 saturated carbocycles. The zero-order chi connectivity index (χ0) is 45.4. The van der Waals surface area contributed by atoms with Gasteiger partial charge in [0.1, 0.15) is 5.58 Å². The number of rotatable bonds is 7. The number of aryl methyl sites for hydroxylation is 2. The van der Waals surface area contributed by atoms with Crippen molar-refractivity contribution in [1.82, 2.24) is 0 Å². The Bertz CT molecular complexity index is 4190. The van der Waals surface area contributed by atoms with Gasteiger partial charge >= 0.3 is 0 Å². The standard InChI is InChI=1S/C65H46N2O/c1-39-35-57(66(44-20-10-6-11-21-44)46-37-43-30-29-42-19-14-27-54-59(42)60(43)55(38-46)65(54,3)4)52-33-31-48-40(2)36-58(53-34-32-47(39)61(52)62(48)53)67(45-22-12-7-13-23-45)56-28-16-26-51-50-25-15-24-49(63(50)68-64(51)56)41-17-8-5-9-18-41/h5-38H,1-4H3. The molecule has 12 aromatic carbocycles. The molecular formula is C65H46N2O. The molecule has 1 heterocycles. The van der Waals surface area contributed by atoms with Crippen molar-refractivity contribution < 1.29 is 4.42 Å². The summed E-state index contributed by atoms with van der Waals surface area (Å²) in [5.41, 5.74) is 15.7. The highest BCUT2D eigenvalue weighted by atomic mass is 16.3. The van der Waals surface area contributed by atoms with E-state index >= 15 is 0 Å². The van der Waals surface area contributed by atoms with E-state index < -0.39 is 0 Å². The van der Waals surface area contributed by atoms with Crippen LogP contribution in [0.5, 0.6) is 0 Å². The molecular weight excluding hydrogens is 825 g/mol. The SMILES string of the molecule is Cc1cc(N(c2ccccc2)c2cc3c4c(ccc5cccc(c54)C3(C)C)c2)c2ccc3c(C)cc(N(c4ccccc4)c4cccc5c4oc4c(-c6ccccc6)cccc45)c4ccc1c2c34. The Morgan fingerprint density at radius 2 is 0.897 bits per heavy atom. The van der Waals surface area contributed by atoms with Gasteiger partial charge in [-0.25, -0.2) is 0 Å². The summed E-state index contributed by atoms with van der Waals surface area (Å²) in [5, 5.41) is 15.0. The monoisotopic (exact) mass is 870 g/mol. The molecule has 14 rings (SSSR count). The molecule has 3 nitrogen and oxygen atoms in total. The maximum atomic E-state index is 7.12. The van der Waals surface area contributed by atoms with Crippen molar-refractivity contribution in [2.45, 2.75) is 33.1 Å². The summed E-state index contributed by atoms with van der Waals surface area (Å²) in [5.74, 6) is 0. The number of benzene rings is 12. The maximum absolute atomic E-state index is 7.12. The summed E-state index contributed by atoms with van der Waals surface area (Å²) >= 11 is 0. The summed E-state index contributed by atoms with van der Waals surface area (Å²) in [7, 11) is 0. The van der Waals surface area contributed by atoms with E-state index in [0.29, 0.717) is 0 Å². The van der Waals surface area contributed by atoms with E-state index in [1.807, 2.05) is 0 Å². The smallest absolute Gasteiger partial charge is 0.159 e. The lowest BCUT2D eigenvalue weighted by atomic mass is 9.81. The van der Waals surface area contributed by atoms with E-state index in [0.717, 1.165) is 61.5 Å². The number of fused-ring (bicyclic) bond motifs is 3. The van der Waals surface area contributed by atoms with Crippen molar-refractivity contribution in [1.29, 1.82) is 0 Å². The number of para-hydroxylation sites is 4. The molecule has 0 atom stereocenters. The fraction of sp³-hybridized carbons (Fsp3) is 0.0769. The third kappa shape index (κ3) is 5.41. The van der Waals surface area contributed by atoms with Crippen LogP contribution in [0, 0.1) is 13.8 Å². The fourth-order valence-corrected chi connectivity index (χ4v) is 12.0. The molecule has 0 unspecified atom stereocenters. The Morgan fingerprint density at radius 1 is 0.353 bits per heavy atom. The molecule has 0 saturated heterocycles. The third-order valence-electron chi connectivity index (χ3n) is 15.2. The largest absolute Gasteiger partial charge is 0.453 e. The summed E-state index contributed by atoms with van der Waals surface area (Å²) < 4.78 is 7.12. The minimum atomic E-state index is -0.145. The lowest BCUT2D eigenvalue weighted by molar-refractivity contribution is 0.663. The van der Waals surface area contributed by atoms with Crippen LogP contribution in [0.15, 0.2) is 211 Å². The van der Waals surface area contributed by atoms with Gasteiger partial charge in [0.2, 0.25) is 0 Å². The normalized spacial score (nSPS) is 13.1. The Morgan fingerprint density at radius 3 is 1.57 bits per heavy atom. The molecule has 0 spiro atoms. The van der Waals surface area contributed by atoms with Crippen molar-refractivity contribution in [2.75, 3.05) is 9.80 Å². The number of nitrogens with zero attached hydrogens (tertiary/aromatic N) is 2. The Balaban J connectivity index is 1.03. The van der Waals surface area contributed by atoms with Crippen LogP contribution in [-0.2, 0) is 5.41 Å². The Hall–Kier alpha value is -8.40. The van der Waals surface area contributed by atoms with Gasteiger partial charge in [0, 0.05) is 49.6 Å². The quantitative estimate of drug-likeness (QED) is 0.149. The molecule has 1 aromatic heterocycles. The van der Waals surface area contributed by atoms with Crippen molar-refractivity contribution in [3.63, 3.8) is 0 Å². The third-order valence-corrected chi connectivity index (χ3v) is 15.2. The van der Waals surface area contributed by atoms with Gasteiger partial charge in [-0.15, -0.1) is 0 Å². The summed E-state index contributed by atoms with van der Waals surface area (Å²) in [6, 6.07) is 75.9. The molecule has 3 heteroatoms. The van der Waals surface area contributed by atoms with Crippen LogP contribution < -0.4 is 9.80 Å². The molecule has 0 amide bonds. The van der Waals surface area contributed by atoms with Gasteiger partial charge < -0.3 is 14.2 Å². The highest BCUT2D eigenvalue weighted by Crippen LogP contribution is 2.54. The molecule has 0 bridgehead atoms. The van der Waals surface area contributed by atoms with Gasteiger partial charge in [0.25, 0.3) is 0 Å². The number of furan rings is 1. The molecule has 0 radical (unpaired) electrons. The van der Waals surface area contributed by atoms with Crippen LogP contribution >= 0.6 is 0 Å². The van der Waals surface area contributed by atoms with Crippen LogP contribution in [0.4, 0.5) is 34.1 Å². The first-order valence-electron chi connectivity index (χ1n) is 23.8. The van der Waals surface area contributed by atoms with E-state index in [1.165, 1.54) is 81.8 Å². The number of anilines is 6. The Kier molecular flexibility index (Phi) is 8.17. The maximum Gasteiger partial charge on any atom is 0.159 e. The van der Waals surface area contributed by atoms with E-state index in [1.54, 1.807) is 0 Å². The molecule has 322 valence electrons. The molecule has 0 aliphatic heterocycles. The second kappa shape index (κ2) is 14.3. The van der Waals surface area contributed by atoms with Crippen LogP contribution in [0.2, 0.25) is 0 Å². The first kappa shape index (κ1) is 38.8. The molecule has 0 fully saturated rings. The molecule has 0 N–H and O–H groups in total. The van der Waals surface area contributed by atoms with Crippen molar-refractivity contribution >= 4 is 110 Å². The average Bonchev–Trinajstić information content (AvgIpc) is 3.88. The van der Waals surface area contributed by atoms with Gasteiger partial charge in [-0.1, -0.05) is 166 Å². The van der Waals surface area contributed by atoms with Gasteiger partial charge in [0.15, 0.2) is 5.58 Å². The van der Waals surface area contributed by atoms with E-state index in [4.69, 9.17) is 4.42 Å². The average molecular weight is 871 g/mol. The summed E-state index contributed by atoms with van der Waals surface area (Å²) in [6.45, 7) is 9.34. The van der Waals surface area contributed by atoms with Crippen LogP contribution in [0.3, 0.4) is 0 Å². The summed E-state index contributed by atoms with van der Waals surface area (Å²) in [4.78, 5) is 4.93. The van der Waals surface area contributed by atoms with Gasteiger partial charge in [-0.3, -0.25) is 0 Å². The van der Waals surface area contributed by atoms with Gasteiger partial charge in [0.05, 0.1) is 17.1 Å². The minimum Gasteiger partial charge on any atom is -0.453 e. The first-order chi connectivity index (χ1) is 33.3. The van der Waals surface area contributed by atoms with Crippen LogP contribution in [0.25, 0.3) is 86.9 Å². The predicted molar refractivity (Wildman–Crippen MR) is 289 cm³/mol. The second-order valence-corrected chi connectivity index (χ2v) is 19.3. The van der Waals surface area contributed by atoms with Crippen LogP contribution in [-0.4, -0.2) is 0 Å². The zero-order valence-electron chi connectivity index (χ0n) is 38.4. The summed E-state index contributed by atoms with van der Waals surface area (Å²) in [6.07, 6.45) is 0. The van der Waals surface area contributed by atoms with Crippen molar-refractivity contribution in [3.8, 4) is 11.1 Å². The van der Waals surface area contributed by atoms with Crippen molar-refractivity contribution in [3.05, 3.63) is 229 Å². The highest BCUT2D eigenvalue weighted by molar-refractivity contribution is 6.30. The zero-order valence-corrected chi connectivity index (χ0v) is 38.4. The van der Waals surface area contributed by atoms with E-state index in [9.17, 15) is 0 Å². The molecule has 13 aromatic rings. The second-order valence-electron chi connectivity index (χ2n) is 19.3. The Labute approximate surface area is 395 Å². The van der Waals surface area contributed by atoms with E-state index in [2.05, 4.69) is 244 Å². The number of hydrogen-bond acceptors (Lipinski definition) is 3.